The smallest absolute Gasteiger partial charge is 0.248 e. The Kier molecular flexibility index (Phi) is 6.94. The number of aryl methyl sites for hydroxylation is 1. The molecule has 0 fully saturated rings. The molecule has 3 aromatic carbocycles. The zero-order chi connectivity index (χ0) is 24.2. The zero-order valence-electron chi connectivity index (χ0n) is 19.6. The first-order valence-electron chi connectivity index (χ1n) is 11.0. The summed E-state index contributed by atoms with van der Waals surface area (Å²) < 4.78 is 16.9. The lowest BCUT2D eigenvalue weighted by atomic mass is 9.98. The van der Waals surface area contributed by atoms with Gasteiger partial charge in [-0.3, -0.25) is 4.79 Å². The number of ether oxygens (including phenoxy) is 2. The lowest BCUT2D eigenvalue weighted by molar-refractivity contribution is -0.111. The van der Waals surface area contributed by atoms with E-state index in [-0.39, 0.29) is 5.91 Å². The van der Waals surface area contributed by atoms with Crippen LogP contribution in [0.25, 0.3) is 27.7 Å². The molecule has 1 aromatic heterocycles. The van der Waals surface area contributed by atoms with Gasteiger partial charge in [-0.2, -0.15) is 0 Å². The van der Waals surface area contributed by atoms with Crippen LogP contribution in [0.2, 0.25) is 5.02 Å². The number of methoxy groups -OCH3 is 1. The highest BCUT2D eigenvalue weighted by molar-refractivity contribution is 6.32. The fourth-order valence-electron chi connectivity index (χ4n) is 3.79. The lowest BCUT2D eigenvalue weighted by Crippen LogP contribution is -2.09. The lowest BCUT2D eigenvalue weighted by Gasteiger charge is -2.12. The summed E-state index contributed by atoms with van der Waals surface area (Å²) in [5.74, 6) is 0.937. The van der Waals surface area contributed by atoms with Crippen LogP contribution in [0.4, 0.5) is 5.69 Å². The number of amides is 1. The van der Waals surface area contributed by atoms with E-state index in [1.54, 1.807) is 37.6 Å². The molecule has 0 aliphatic rings. The number of anilines is 1. The second kappa shape index (κ2) is 10.1. The van der Waals surface area contributed by atoms with E-state index in [4.69, 9.17) is 25.5 Å². The highest BCUT2D eigenvalue weighted by Crippen LogP contribution is 2.37. The Morgan fingerprint density at radius 2 is 1.85 bits per heavy atom. The Morgan fingerprint density at radius 3 is 2.53 bits per heavy atom. The maximum atomic E-state index is 12.7. The van der Waals surface area contributed by atoms with E-state index in [2.05, 4.69) is 36.5 Å². The van der Waals surface area contributed by atoms with Crippen molar-refractivity contribution in [2.24, 2.45) is 0 Å². The van der Waals surface area contributed by atoms with E-state index < -0.39 is 0 Å². The summed E-state index contributed by atoms with van der Waals surface area (Å²) >= 11 is 6.17. The second-order valence-electron chi connectivity index (χ2n) is 7.96. The van der Waals surface area contributed by atoms with E-state index in [1.165, 1.54) is 5.56 Å². The minimum Gasteiger partial charge on any atom is -0.495 e. The summed E-state index contributed by atoms with van der Waals surface area (Å²) in [7, 11) is 1.54. The van der Waals surface area contributed by atoms with E-state index in [1.807, 2.05) is 26.0 Å². The Morgan fingerprint density at radius 1 is 1.09 bits per heavy atom. The molecule has 4 rings (SSSR count). The number of rotatable bonds is 7. The Hall–Kier alpha value is -3.70. The monoisotopic (exact) mass is 475 g/mol. The topological polar surface area (TPSA) is 60.7 Å². The van der Waals surface area contributed by atoms with Crippen LogP contribution in [-0.4, -0.2) is 19.6 Å². The van der Waals surface area contributed by atoms with Crippen LogP contribution >= 0.6 is 11.6 Å². The first-order valence-corrected chi connectivity index (χ1v) is 11.4. The molecule has 5 nitrogen and oxygen atoms in total. The first-order chi connectivity index (χ1) is 16.4. The molecule has 6 heteroatoms. The van der Waals surface area contributed by atoms with Gasteiger partial charge in [-0.15, -0.1) is 0 Å². The average molecular weight is 476 g/mol. The molecule has 0 unspecified atom stereocenters. The fraction of sp³-hybridized carbons (Fsp3) is 0.179. The van der Waals surface area contributed by atoms with Gasteiger partial charge in [-0.25, -0.2) is 0 Å². The molecule has 0 aliphatic carbocycles. The number of carbonyl (C=O) groups excluding carboxylic acids is 1. The van der Waals surface area contributed by atoms with Gasteiger partial charge in [0.05, 0.1) is 25.0 Å². The first kappa shape index (κ1) is 23.5. The third-order valence-electron chi connectivity index (χ3n) is 5.53. The van der Waals surface area contributed by atoms with Crippen molar-refractivity contribution >= 4 is 39.7 Å². The van der Waals surface area contributed by atoms with Gasteiger partial charge in [0.2, 0.25) is 5.91 Å². The molecule has 0 aliphatic heterocycles. The van der Waals surface area contributed by atoms with Crippen LogP contribution in [0.1, 0.15) is 25.0 Å². The summed E-state index contributed by atoms with van der Waals surface area (Å²) in [6.07, 6.45) is 3.31. The number of carbonyl (C=O) groups is 1. The zero-order valence-corrected chi connectivity index (χ0v) is 20.3. The molecule has 0 spiro atoms. The average Bonchev–Trinajstić information content (AvgIpc) is 3.22. The van der Waals surface area contributed by atoms with Crippen molar-refractivity contribution < 1.29 is 18.7 Å². The van der Waals surface area contributed by atoms with E-state index in [0.29, 0.717) is 28.8 Å². The van der Waals surface area contributed by atoms with E-state index in [9.17, 15) is 4.79 Å². The van der Waals surface area contributed by atoms with Gasteiger partial charge in [-0.1, -0.05) is 41.4 Å². The van der Waals surface area contributed by atoms with Crippen molar-refractivity contribution in [3.8, 4) is 22.6 Å². The summed E-state index contributed by atoms with van der Waals surface area (Å²) in [5, 5.41) is 4.23. The molecule has 0 atom stereocenters. The maximum absolute atomic E-state index is 12.7. The predicted octanol–water partition coefficient (Wildman–Crippen LogP) is 7.51. The molecule has 0 bridgehead atoms. The summed E-state index contributed by atoms with van der Waals surface area (Å²) in [4.78, 5) is 12.7. The quantitative estimate of drug-likeness (QED) is 0.281. The molecule has 34 heavy (non-hydrogen) atoms. The molecule has 1 amide bonds. The SMILES string of the molecule is CCOc1cc2occ(-c3ccc(C)cc3)c2cc1/C(C)=C/C(=O)Nc1ccc(OC)c(Cl)c1. The van der Waals surface area contributed by atoms with Gasteiger partial charge in [0.25, 0.3) is 0 Å². The van der Waals surface area contributed by atoms with Gasteiger partial charge < -0.3 is 19.2 Å². The minimum absolute atomic E-state index is 0.271. The van der Waals surface area contributed by atoms with E-state index in [0.717, 1.165) is 33.2 Å². The number of fused-ring (bicyclic) bond motifs is 1. The van der Waals surface area contributed by atoms with Crippen molar-refractivity contribution in [2.75, 3.05) is 19.0 Å². The van der Waals surface area contributed by atoms with Crippen LogP contribution in [0.5, 0.6) is 11.5 Å². The Labute approximate surface area is 203 Å². The molecular formula is C28H26ClNO4. The summed E-state index contributed by atoms with van der Waals surface area (Å²) in [5.41, 5.74) is 6.15. The number of nitrogens with one attached hydrogen (secondary N) is 1. The van der Waals surface area contributed by atoms with Crippen molar-refractivity contribution in [3.63, 3.8) is 0 Å². The highest BCUT2D eigenvalue weighted by atomic mass is 35.5. The number of halogens is 1. The van der Waals surface area contributed by atoms with Gasteiger partial charge in [0.15, 0.2) is 0 Å². The van der Waals surface area contributed by atoms with Crippen molar-refractivity contribution in [1.82, 2.24) is 0 Å². The number of furan rings is 1. The third-order valence-corrected chi connectivity index (χ3v) is 5.83. The summed E-state index contributed by atoms with van der Waals surface area (Å²) in [6, 6.07) is 17.3. The van der Waals surface area contributed by atoms with Crippen LogP contribution in [0.3, 0.4) is 0 Å². The molecule has 4 aromatic rings. The van der Waals surface area contributed by atoms with Crippen LogP contribution < -0.4 is 14.8 Å². The highest BCUT2D eigenvalue weighted by Gasteiger charge is 2.15. The van der Waals surface area contributed by atoms with Crippen LogP contribution in [-0.2, 0) is 4.79 Å². The molecule has 0 radical (unpaired) electrons. The summed E-state index contributed by atoms with van der Waals surface area (Å²) in [6.45, 7) is 6.36. The van der Waals surface area contributed by atoms with Crippen LogP contribution in [0, 0.1) is 6.92 Å². The van der Waals surface area contributed by atoms with E-state index >= 15 is 0 Å². The standard InChI is InChI=1S/C28H26ClNO4/c1-5-33-26-15-27-22(23(16-34-27)19-8-6-17(2)7-9-19)14-21(26)18(3)12-28(31)30-20-10-11-25(32-4)24(29)13-20/h6-16H,5H2,1-4H3,(H,30,31)/b18-12+. The second-order valence-corrected chi connectivity index (χ2v) is 8.37. The molecule has 174 valence electrons. The minimum atomic E-state index is -0.271. The van der Waals surface area contributed by atoms with Crippen molar-refractivity contribution in [3.05, 3.63) is 83.1 Å². The number of benzene rings is 3. The van der Waals surface area contributed by atoms with Gasteiger partial charge in [-0.05, 0) is 56.2 Å². The van der Waals surface area contributed by atoms with Gasteiger partial charge in [0, 0.05) is 34.3 Å². The maximum Gasteiger partial charge on any atom is 0.248 e. The molecule has 0 saturated heterocycles. The predicted molar refractivity (Wildman–Crippen MR) is 138 cm³/mol. The number of allylic oxidation sites excluding steroid dienone is 1. The Balaban J connectivity index is 1.69. The van der Waals surface area contributed by atoms with Crippen LogP contribution in [0.15, 0.2) is 71.4 Å². The van der Waals surface area contributed by atoms with Gasteiger partial charge >= 0.3 is 0 Å². The molecule has 1 heterocycles. The van der Waals surface area contributed by atoms with Crippen molar-refractivity contribution in [2.45, 2.75) is 20.8 Å². The molecule has 0 saturated carbocycles. The van der Waals surface area contributed by atoms with Gasteiger partial charge in [0.1, 0.15) is 17.1 Å². The Bertz CT molecular complexity index is 1370. The molecular weight excluding hydrogens is 450 g/mol. The number of hydrogen-bond donors (Lipinski definition) is 1. The fourth-order valence-corrected chi connectivity index (χ4v) is 4.05. The third kappa shape index (κ3) is 4.95. The van der Waals surface area contributed by atoms with Crippen molar-refractivity contribution in [1.29, 1.82) is 0 Å². The normalized spacial score (nSPS) is 11.5. The molecule has 1 N–H and O–H groups in total. The largest absolute Gasteiger partial charge is 0.495 e. The number of hydrogen-bond acceptors (Lipinski definition) is 4.